The first kappa shape index (κ1) is 14.1. The van der Waals surface area contributed by atoms with Crippen molar-refractivity contribution >= 4 is 5.91 Å². The molecule has 2 rings (SSSR count). The second-order valence-electron chi connectivity index (χ2n) is 5.50. The summed E-state index contributed by atoms with van der Waals surface area (Å²) in [5.41, 5.74) is 2.61. The number of amides is 1. The van der Waals surface area contributed by atoms with Crippen LogP contribution < -0.4 is 5.32 Å². The second-order valence-corrected chi connectivity index (χ2v) is 5.50. The molecule has 1 aliphatic rings. The van der Waals surface area contributed by atoms with Crippen LogP contribution in [0.3, 0.4) is 0 Å². The zero-order valence-electron chi connectivity index (χ0n) is 12.0. The molecule has 3 heteroatoms. The minimum atomic E-state index is 0.124. The topological polar surface area (TPSA) is 32.3 Å². The molecule has 1 amide bonds. The summed E-state index contributed by atoms with van der Waals surface area (Å²) in [5, 5.41) is 3.28. The molecule has 1 heterocycles. The predicted molar refractivity (Wildman–Crippen MR) is 78.1 cm³/mol. The van der Waals surface area contributed by atoms with Crippen LogP contribution in [-0.2, 0) is 11.2 Å². The Morgan fingerprint density at radius 1 is 1.26 bits per heavy atom. The van der Waals surface area contributed by atoms with Crippen molar-refractivity contribution < 1.29 is 4.79 Å². The van der Waals surface area contributed by atoms with Crippen LogP contribution >= 0.6 is 0 Å². The molecule has 19 heavy (non-hydrogen) atoms. The fourth-order valence-electron chi connectivity index (χ4n) is 2.46. The van der Waals surface area contributed by atoms with Gasteiger partial charge in [0.25, 0.3) is 0 Å². The Balaban J connectivity index is 1.81. The lowest BCUT2D eigenvalue weighted by Gasteiger charge is -2.29. The van der Waals surface area contributed by atoms with E-state index in [1.807, 2.05) is 4.90 Å². The van der Waals surface area contributed by atoms with Crippen molar-refractivity contribution in [2.45, 2.75) is 26.7 Å². The standard InChI is InChI=1S/C16H24N2O/c1-13-3-6-15(7-4-13)8-5-14(2)16(19)18-11-9-17-10-12-18/h3-4,6-7,14,17H,5,8-12H2,1-2H3. The molecule has 1 atom stereocenters. The van der Waals surface area contributed by atoms with Crippen LogP contribution in [0.2, 0.25) is 0 Å². The molecule has 0 spiro atoms. The van der Waals surface area contributed by atoms with E-state index < -0.39 is 0 Å². The van der Waals surface area contributed by atoms with E-state index in [0.717, 1.165) is 39.0 Å². The Labute approximate surface area is 116 Å². The number of piperazine rings is 1. The molecule has 0 bridgehead atoms. The highest BCUT2D eigenvalue weighted by molar-refractivity contribution is 5.78. The third-order valence-electron chi connectivity index (χ3n) is 3.84. The molecule has 0 saturated carbocycles. The number of nitrogens with one attached hydrogen (secondary N) is 1. The van der Waals surface area contributed by atoms with E-state index in [0.29, 0.717) is 5.91 Å². The van der Waals surface area contributed by atoms with Crippen molar-refractivity contribution in [3.63, 3.8) is 0 Å². The number of carbonyl (C=O) groups excluding carboxylic acids is 1. The average Bonchev–Trinajstić information content (AvgIpc) is 2.46. The number of aryl methyl sites for hydroxylation is 2. The number of carbonyl (C=O) groups is 1. The lowest BCUT2D eigenvalue weighted by Crippen LogP contribution is -2.48. The van der Waals surface area contributed by atoms with Gasteiger partial charge in [-0.3, -0.25) is 4.79 Å². The number of rotatable bonds is 4. The number of nitrogens with zero attached hydrogens (tertiary/aromatic N) is 1. The van der Waals surface area contributed by atoms with E-state index in [1.165, 1.54) is 11.1 Å². The van der Waals surface area contributed by atoms with Crippen molar-refractivity contribution in [3.05, 3.63) is 35.4 Å². The van der Waals surface area contributed by atoms with Crippen molar-refractivity contribution in [2.24, 2.45) is 5.92 Å². The number of hydrogen-bond acceptors (Lipinski definition) is 2. The Hall–Kier alpha value is -1.35. The molecule has 1 aromatic rings. The zero-order chi connectivity index (χ0) is 13.7. The fourth-order valence-corrected chi connectivity index (χ4v) is 2.46. The Bertz CT molecular complexity index is 407. The van der Waals surface area contributed by atoms with E-state index >= 15 is 0 Å². The van der Waals surface area contributed by atoms with Crippen molar-refractivity contribution in [3.8, 4) is 0 Å². The fraction of sp³-hybridized carbons (Fsp3) is 0.562. The summed E-state index contributed by atoms with van der Waals surface area (Å²) in [5.74, 6) is 0.438. The van der Waals surface area contributed by atoms with E-state index in [-0.39, 0.29) is 5.92 Å². The van der Waals surface area contributed by atoms with Crippen molar-refractivity contribution in [1.82, 2.24) is 10.2 Å². The summed E-state index contributed by atoms with van der Waals surface area (Å²) >= 11 is 0. The normalized spacial score (nSPS) is 17.3. The lowest BCUT2D eigenvalue weighted by atomic mass is 9.99. The first-order chi connectivity index (χ1) is 9.16. The summed E-state index contributed by atoms with van der Waals surface area (Å²) in [7, 11) is 0. The highest BCUT2D eigenvalue weighted by Gasteiger charge is 2.21. The lowest BCUT2D eigenvalue weighted by molar-refractivity contribution is -0.135. The third kappa shape index (κ3) is 4.06. The number of hydrogen-bond donors (Lipinski definition) is 1. The van der Waals surface area contributed by atoms with E-state index in [2.05, 4.69) is 43.4 Å². The number of benzene rings is 1. The van der Waals surface area contributed by atoms with Gasteiger partial charge in [-0.15, -0.1) is 0 Å². The molecule has 3 nitrogen and oxygen atoms in total. The molecule has 0 aromatic heterocycles. The minimum absolute atomic E-state index is 0.124. The van der Waals surface area contributed by atoms with Gasteiger partial charge in [0.15, 0.2) is 0 Å². The Morgan fingerprint density at radius 3 is 2.53 bits per heavy atom. The van der Waals surface area contributed by atoms with Crippen LogP contribution in [0, 0.1) is 12.8 Å². The highest BCUT2D eigenvalue weighted by Crippen LogP contribution is 2.13. The van der Waals surface area contributed by atoms with Crippen LogP contribution in [0.4, 0.5) is 0 Å². The minimum Gasteiger partial charge on any atom is -0.340 e. The second kappa shape index (κ2) is 6.71. The van der Waals surface area contributed by atoms with Crippen LogP contribution in [0.15, 0.2) is 24.3 Å². The SMILES string of the molecule is Cc1ccc(CCC(C)C(=O)N2CCNCC2)cc1. The molecule has 1 fully saturated rings. The van der Waals surface area contributed by atoms with Gasteiger partial charge in [0, 0.05) is 32.1 Å². The molecule has 1 aliphatic heterocycles. The van der Waals surface area contributed by atoms with Gasteiger partial charge in [0.1, 0.15) is 0 Å². The molecule has 0 radical (unpaired) electrons. The highest BCUT2D eigenvalue weighted by atomic mass is 16.2. The first-order valence-electron chi connectivity index (χ1n) is 7.22. The largest absolute Gasteiger partial charge is 0.340 e. The maximum atomic E-state index is 12.3. The van der Waals surface area contributed by atoms with Gasteiger partial charge in [-0.05, 0) is 25.3 Å². The van der Waals surface area contributed by atoms with Crippen LogP contribution in [0.1, 0.15) is 24.5 Å². The van der Waals surface area contributed by atoms with Gasteiger partial charge < -0.3 is 10.2 Å². The van der Waals surface area contributed by atoms with Gasteiger partial charge >= 0.3 is 0 Å². The van der Waals surface area contributed by atoms with Crippen LogP contribution in [-0.4, -0.2) is 37.0 Å². The first-order valence-corrected chi connectivity index (χ1v) is 7.22. The molecule has 0 aliphatic carbocycles. The summed E-state index contributed by atoms with van der Waals surface area (Å²) in [6.07, 6.45) is 1.92. The van der Waals surface area contributed by atoms with Gasteiger partial charge in [-0.1, -0.05) is 36.8 Å². The Morgan fingerprint density at radius 2 is 1.89 bits per heavy atom. The van der Waals surface area contributed by atoms with Crippen molar-refractivity contribution in [1.29, 1.82) is 0 Å². The van der Waals surface area contributed by atoms with Crippen LogP contribution in [0.5, 0.6) is 0 Å². The van der Waals surface area contributed by atoms with E-state index in [1.54, 1.807) is 0 Å². The van der Waals surface area contributed by atoms with Gasteiger partial charge in [0.05, 0.1) is 0 Å². The molecular weight excluding hydrogens is 236 g/mol. The summed E-state index contributed by atoms with van der Waals surface area (Å²) in [4.78, 5) is 14.3. The third-order valence-corrected chi connectivity index (χ3v) is 3.84. The van der Waals surface area contributed by atoms with Gasteiger partial charge in [-0.2, -0.15) is 0 Å². The molecule has 1 saturated heterocycles. The van der Waals surface area contributed by atoms with Crippen LogP contribution in [0.25, 0.3) is 0 Å². The Kier molecular flexibility index (Phi) is 4.97. The smallest absolute Gasteiger partial charge is 0.225 e. The molecular formula is C16H24N2O. The summed E-state index contributed by atoms with van der Waals surface area (Å²) in [6.45, 7) is 7.72. The zero-order valence-corrected chi connectivity index (χ0v) is 12.0. The molecule has 1 unspecified atom stereocenters. The molecule has 104 valence electrons. The van der Waals surface area contributed by atoms with E-state index in [4.69, 9.17) is 0 Å². The van der Waals surface area contributed by atoms with Crippen molar-refractivity contribution in [2.75, 3.05) is 26.2 Å². The monoisotopic (exact) mass is 260 g/mol. The van der Waals surface area contributed by atoms with Gasteiger partial charge in [0.2, 0.25) is 5.91 Å². The average molecular weight is 260 g/mol. The molecule has 1 aromatic carbocycles. The summed E-state index contributed by atoms with van der Waals surface area (Å²) < 4.78 is 0. The maximum absolute atomic E-state index is 12.3. The predicted octanol–water partition coefficient (Wildman–Crippen LogP) is 2.00. The van der Waals surface area contributed by atoms with E-state index in [9.17, 15) is 4.79 Å². The summed E-state index contributed by atoms with van der Waals surface area (Å²) in [6, 6.07) is 8.60. The molecule has 1 N–H and O–H groups in total. The maximum Gasteiger partial charge on any atom is 0.225 e. The van der Waals surface area contributed by atoms with Gasteiger partial charge in [-0.25, -0.2) is 0 Å². The quantitative estimate of drug-likeness (QED) is 0.898.